The summed E-state index contributed by atoms with van der Waals surface area (Å²) in [6, 6.07) is 16.1. The number of aromatic amines is 1. The van der Waals surface area contributed by atoms with Crippen LogP contribution in [0.25, 0.3) is 33.3 Å². The number of halogens is 1. The van der Waals surface area contributed by atoms with Crippen molar-refractivity contribution in [2.75, 3.05) is 26.0 Å². The molecule has 0 spiro atoms. The van der Waals surface area contributed by atoms with Crippen LogP contribution in [0, 0.1) is 5.82 Å². The van der Waals surface area contributed by atoms with Crippen LogP contribution in [0.3, 0.4) is 0 Å². The minimum Gasteiger partial charge on any atom is -0.387 e. The molecule has 3 aromatic carbocycles. The van der Waals surface area contributed by atoms with E-state index in [2.05, 4.69) is 27.4 Å². The highest BCUT2D eigenvalue weighted by atomic mass is 19.1. The van der Waals surface area contributed by atoms with Gasteiger partial charge in [-0.25, -0.2) is 4.39 Å². The minimum atomic E-state index is -0.327. The Balaban J connectivity index is 1.59. The molecule has 8 heteroatoms. The van der Waals surface area contributed by atoms with E-state index >= 15 is 0 Å². The molecule has 0 fully saturated rings. The quantitative estimate of drug-likeness (QED) is 0.367. The Morgan fingerprint density at radius 1 is 1.14 bits per heavy atom. The first kappa shape index (κ1) is 22.3. The van der Waals surface area contributed by atoms with E-state index in [0.29, 0.717) is 28.9 Å². The summed E-state index contributed by atoms with van der Waals surface area (Å²) in [4.78, 5) is 26.9. The zero-order valence-electron chi connectivity index (χ0n) is 19.4. The van der Waals surface area contributed by atoms with Crippen molar-refractivity contribution in [1.29, 1.82) is 0 Å². The number of H-pyrrole nitrogens is 1. The molecule has 35 heavy (non-hydrogen) atoms. The molecule has 1 aromatic heterocycles. The van der Waals surface area contributed by atoms with E-state index in [1.807, 2.05) is 36.4 Å². The number of carbonyl (C=O) groups excluding carboxylic acids is 2. The Hall–Kier alpha value is -4.46. The molecule has 0 atom stereocenters. The molecular formula is C27H24FN5O2. The summed E-state index contributed by atoms with van der Waals surface area (Å²) in [5.41, 5.74) is 6.50. The van der Waals surface area contributed by atoms with Crippen LogP contribution in [0.1, 0.15) is 15.9 Å². The second-order valence-electron chi connectivity index (χ2n) is 8.45. The van der Waals surface area contributed by atoms with Crippen molar-refractivity contribution in [3.05, 3.63) is 83.7 Å². The largest absolute Gasteiger partial charge is 0.387 e. The van der Waals surface area contributed by atoms with E-state index in [9.17, 15) is 14.0 Å². The molecule has 0 radical (unpaired) electrons. The average Bonchev–Trinajstić information content (AvgIpc) is 3.44. The number of hydrogen-bond donors (Lipinski definition) is 3. The number of benzene rings is 3. The van der Waals surface area contributed by atoms with Crippen molar-refractivity contribution in [2.24, 2.45) is 0 Å². The first-order valence-corrected chi connectivity index (χ1v) is 11.2. The summed E-state index contributed by atoms with van der Waals surface area (Å²) in [6.45, 7) is 4.32. The smallest absolute Gasteiger partial charge is 0.256 e. The van der Waals surface area contributed by atoms with Gasteiger partial charge in [0.15, 0.2) is 0 Å². The highest BCUT2D eigenvalue weighted by Gasteiger charge is 2.33. The SMILES string of the molecule is C=C(CN1Cc2c(-c3ccc4[nH]nc(-c5cccc(F)c5)c4c3)ccc(NC)c2C1=O)C(=O)NC. The number of nitrogens with zero attached hydrogens (tertiary/aromatic N) is 2. The van der Waals surface area contributed by atoms with Gasteiger partial charge in [-0.15, -0.1) is 0 Å². The van der Waals surface area contributed by atoms with Crippen LogP contribution in [0.2, 0.25) is 0 Å². The molecule has 2 amide bonds. The van der Waals surface area contributed by atoms with Crippen LogP contribution in [0.4, 0.5) is 10.1 Å². The second-order valence-corrected chi connectivity index (χ2v) is 8.45. The first-order valence-electron chi connectivity index (χ1n) is 11.2. The number of amides is 2. The summed E-state index contributed by atoms with van der Waals surface area (Å²) in [6.07, 6.45) is 0. The topological polar surface area (TPSA) is 90.1 Å². The molecule has 0 saturated carbocycles. The van der Waals surface area contributed by atoms with Gasteiger partial charge in [-0.2, -0.15) is 5.10 Å². The molecule has 3 N–H and O–H groups in total. The van der Waals surface area contributed by atoms with Gasteiger partial charge < -0.3 is 15.5 Å². The molecule has 2 heterocycles. The normalized spacial score (nSPS) is 12.7. The van der Waals surface area contributed by atoms with Crippen molar-refractivity contribution in [2.45, 2.75) is 6.54 Å². The third kappa shape index (κ3) is 3.82. The summed E-state index contributed by atoms with van der Waals surface area (Å²) >= 11 is 0. The first-order chi connectivity index (χ1) is 16.9. The molecule has 7 nitrogen and oxygen atoms in total. The fourth-order valence-electron chi connectivity index (χ4n) is 4.60. The highest BCUT2D eigenvalue weighted by Crippen LogP contribution is 2.39. The molecular weight excluding hydrogens is 445 g/mol. The lowest BCUT2D eigenvalue weighted by molar-refractivity contribution is -0.117. The van der Waals surface area contributed by atoms with Gasteiger partial charge in [-0.1, -0.05) is 30.8 Å². The Morgan fingerprint density at radius 2 is 1.97 bits per heavy atom. The zero-order chi connectivity index (χ0) is 24.7. The summed E-state index contributed by atoms with van der Waals surface area (Å²) in [5.74, 6) is -0.772. The van der Waals surface area contributed by atoms with E-state index in [0.717, 1.165) is 33.3 Å². The predicted molar refractivity (Wildman–Crippen MR) is 134 cm³/mol. The number of carbonyl (C=O) groups is 2. The van der Waals surface area contributed by atoms with Gasteiger partial charge in [-0.05, 0) is 47.0 Å². The zero-order valence-corrected chi connectivity index (χ0v) is 19.4. The Bertz CT molecular complexity index is 1510. The molecule has 5 rings (SSSR count). The van der Waals surface area contributed by atoms with Crippen LogP contribution < -0.4 is 10.6 Å². The second kappa shape index (κ2) is 8.72. The van der Waals surface area contributed by atoms with Crippen LogP contribution in [0.5, 0.6) is 0 Å². The molecule has 176 valence electrons. The molecule has 0 unspecified atom stereocenters. The Morgan fingerprint density at radius 3 is 2.71 bits per heavy atom. The van der Waals surface area contributed by atoms with Gasteiger partial charge >= 0.3 is 0 Å². The van der Waals surface area contributed by atoms with E-state index in [-0.39, 0.29) is 24.2 Å². The predicted octanol–water partition coefficient (Wildman–Crippen LogP) is 4.34. The van der Waals surface area contributed by atoms with Crippen LogP contribution in [-0.2, 0) is 11.3 Å². The number of anilines is 1. The number of fused-ring (bicyclic) bond motifs is 2. The van der Waals surface area contributed by atoms with Gasteiger partial charge in [0.1, 0.15) is 11.5 Å². The highest BCUT2D eigenvalue weighted by molar-refractivity contribution is 6.07. The van der Waals surface area contributed by atoms with Crippen molar-refractivity contribution >= 4 is 28.4 Å². The fraction of sp³-hybridized carbons (Fsp3) is 0.148. The third-order valence-electron chi connectivity index (χ3n) is 6.33. The average molecular weight is 470 g/mol. The van der Waals surface area contributed by atoms with Crippen molar-refractivity contribution in [3.63, 3.8) is 0 Å². The lowest BCUT2D eigenvalue weighted by Gasteiger charge is -2.16. The van der Waals surface area contributed by atoms with Crippen molar-refractivity contribution < 1.29 is 14.0 Å². The number of hydrogen-bond acceptors (Lipinski definition) is 4. The van der Waals surface area contributed by atoms with Gasteiger partial charge in [0, 0.05) is 42.9 Å². The Labute approximate surface area is 201 Å². The summed E-state index contributed by atoms with van der Waals surface area (Å²) < 4.78 is 13.8. The number of rotatable bonds is 6. The van der Waals surface area contributed by atoms with Gasteiger partial charge in [-0.3, -0.25) is 14.7 Å². The van der Waals surface area contributed by atoms with Crippen LogP contribution in [-0.4, -0.2) is 47.6 Å². The molecule has 1 aliphatic heterocycles. The van der Waals surface area contributed by atoms with Crippen molar-refractivity contribution in [3.8, 4) is 22.4 Å². The maximum absolute atomic E-state index is 13.8. The molecule has 0 saturated heterocycles. The van der Waals surface area contributed by atoms with Crippen molar-refractivity contribution in [1.82, 2.24) is 20.4 Å². The third-order valence-corrected chi connectivity index (χ3v) is 6.33. The lowest BCUT2D eigenvalue weighted by atomic mass is 9.94. The van der Waals surface area contributed by atoms with E-state index in [1.165, 1.54) is 19.2 Å². The Kier molecular flexibility index (Phi) is 5.56. The molecule has 0 aliphatic carbocycles. The lowest BCUT2D eigenvalue weighted by Crippen LogP contribution is -2.31. The number of likely N-dealkylation sites (N-methyl/N-ethyl adjacent to an activating group) is 1. The fourth-order valence-corrected chi connectivity index (χ4v) is 4.60. The van der Waals surface area contributed by atoms with Gasteiger partial charge in [0.25, 0.3) is 5.91 Å². The van der Waals surface area contributed by atoms with E-state index < -0.39 is 0 Å². The monoisotopic (exact) mass is 469 g/mol. The molecule has 0 bridgehead atoms. The van der Waals surface area contributed by atoms with Crippen LogP contribution >= 0.6 is 0 Å². The standard InChI is InChI=1S/C27H24FN5O2/c1-15(26(34)30-3)13-33-14-21-19(8-10-23(29-2)24(21)27(33)35)16-7-9-22-20(12-16)25(32-31-22)17-5-4-6-18(28)11-17/h4-12,29H,1,13-14H2,2-3H3,(H,30,34)(H,31,32). The van der Waals surface area contributed by atoms with Crippen LogP contribution in [0.15, 0.2) is 66.7 Å². The molecule has 4 aromatic rings. The number of nitrogens with one attached hydrogen (secondary N) is 3. The summed E-state index contributed by atoms with van der Waals surface area (Å²) in [5, 5.41) is 13.9. The number of aromatic nitrogens is 2. The van der Waals surface area contributed by atoms with E-state index in [1.54, 1.807) is 18.0 Å². The molecule has 1 aliphatic rings. The minimum absolute atomic E-state index is 0.139. The van der Waals surface area contributed by atoms with Gasteiger partial charge in [0.05, 0.1) is 17.6 Å². The van der Waals surface area contributed by atoms with E-state index in [4.69, 9.17) is 0 Å². The summed E-state index contributed by atoms with van der Waals surface area (Å²) in [7, 11) is 3.31. The van der Waals surface area contributed by atoms with Gasteiger partial charge in [0.2, 0.25) is 5.91 Å². The maximum Gasteiger partial charge on any atom is 0.256 e. The maximum atomic E-state index is 13.8.